The van der Waals surface area contributed by atoms with Crippen molar-refractivity contribution in [3.63, 3.8) is 0 Å². The molecule has 0 fully saturated rings. The quantitative estimate of drug-likeness (QED) is 0.312. The Bertz CT molecular complexity index is 1090. The van der Waals surface area contributed by atoms with Gasteiger partial charge in [0, 0.05) is 9.86 Å². The molecule has 0 heterocycles. The van der Waals surface area contributed by atoms with Crippen LogP contribution in [0, 0.1) is 12.3 Å². The van der Waals surface area contributed by atoms with E-state index in [9.17, 15) is 4.79 Å². The summed E-state index contributed by atoms with van der Waals surface area (Å²) < 4.78 is 6.04. The van der Waals surface area contributed by atoms with Crippen LogP contribution in [0.4, 0.5) is 0 Å². The standard InChI is InChI=1S/C24H25BrO2/c1-13-6-8-16-17-9-7-15-12-24(3,4)11-14(2)19(15)20(17)21(23(26)27-5)22(25)18(16)10-13/h6-10,14H,11-12H2,1-5H3. The van der Waals surface area contributed by atoms with Gasteiger partial charge in [-0.3, -0.25) is 0 Å². The van der Waals surface area contributed by atoms with Crippen LogP contribution in [0.25, 0.3) is 21.5 Å². The van der Waals surface area contributed by atoms with E-state index in [0.29, 0.717) is 11.5 Å². The second-order valence-corrected chi connectivity index (χ2v) is 9.53. The minimum absolute atomic E-state index is 0.275. The Labute approximate surface area is 169 Å². The molecule has 2 nitrogen and oxygen atoms in total. The van der Waals surface area contributed by atoms with Crippen molar-refractivity contribution in [3.05, 3.63) is 57.1 Å². The summed E-state index contributed by atoms with van der Waals surface area (Å²) in [5.41, 5.74) is 4.78. The van der Waals surface area contributed by atoms with E-state index in [1.165, 1.54) is 29.2 Å². The number of aryl methyl sites for hydroxylation is 1. The van der Waals surface area contributed by atoms with Gasteiger partial charge in [-0.2, -0.15) is 0 Å². The van der Waals surface area contributed by atoms with Crippen LogP contribution < -0.4 is 0 Å². The first-order chi connectivity index (χ1) is 12.7. The van der Waals surface area contributed by atoms with Crippen molar-refractivity contribution in [2.45, 2.75) is 46.5 Å². The Hall–Kier alpha value is -1.87. The lowest BCUT2D eigenvalue weighted by molar-refractivity contribution is 0.0602. The summed E-state index contributed by atoms with van der Waals surface area (Å²) in [6.07, 6.45) is 2.15. The normalized spacial score (nSPS) is 18.5. The van der Waals surface area contributed by atoms with Crippen molar-refractivity contribution in [3.8, 4) is 0 Å². The van der Waals surface area contributed by atoms with E-state index in [1.807, 2.05) is 0 Å². The Morgan fingerprint density at radius 1 is 1.15 bits per heavy atom. The summed E-state index contributed by atoms with van der Waals surface area (Å²) in [4.78, 5) is 12.8. The van der Waals surface area contributed by atoms with Crippen molar-refractivity contribution in [1.82, 2.24) is 0 Å². The minimum Gasteiger partial charge on any atom is -0.465 e. The molecule has 0 N–H and O–H groups in total. The number of esters is 1. The minimum atomic E-state index is -0.277. The molecular formula is C24H25BrO2. The number of fused-ring (bicyclic) bond motifs is 5. The van der Waals surface area contributed by atoms with Crippen LogP contribution in [0.5, 0.6) is 0 Å². The summed E-state index contributed by atoms with van der Waals surface area (Å²) >= 11 is 3.75. The number of ether oxygens (including phenoxy) is 1. The first kappa shape index (κ1) is 18.5. The lowest BCUT2D eigenvalue weighted by Gasteiger charge is -2.37. The summed E-state index contributed by atoms with van der Waals surface area (Å²) in [6, 6.07) is 10.9. The van der Waals surface area contributed by atoms with E-state index >= 15 is 0 Å². The Morgan fingerprint density at radius 2 is 1.85 bits per heavy atom. The maximum absolute atomic E-state index is 12.8. The molecule has 0 bridgehead atoms. The number of methoxy groups -OCH3 is 1. The highest BCUT2D eigenvalue weighted by Gasteiger charge is 2.33. The third-order valence-electron chi connectivity index (χ3n) is 5.92. The molecule has 3 aromatic rings. The lowest BCUT2D eigenvalue weighted by atomic mass is 9.68. The molecule has 4 rings (SSSR count). The van der Waals surface area contributed by atoms with Crippen LogP contribution in [0.3, 0.4) is 0 Å². The number of rotatable bonds is 1. The molecule has 1 aliphatic rings. The van der Waals surface area contributed by atoms with Gasteiger partial charge in [-0.1, -0.05) is 56.7 Å². The molecule has 0 saturated heterocycles. The van der Waals surface area contributed by atoms with E-state index in [4.69, 9.17) is 4.74 Å². The van der Waals surface area contributed by atoms with Crippen LogP contribution in [0.15, 0.2) is 34.8 Å². The number of halogens is 1. The zero-order valence-corrected chi connectivity index (χ0v) is 18.2. The molecule has 0 saturated carbocycles. The van der Waals surface area contributed by atoms with Crippen molar-refractivity contribution in [2.75, 3.05) is 7.11 Å². The van der Waals surface area contributed by atoms with Gasteiger partial charge in [-0.15, -0.1) is 0 Å². The molecule has 0 radical (unpaired) electrons. The Kier molecular flexibility index (Phi) is 4.34. The number of carbonyl (C=O) groups is 1. The summed E-state index contributed by atoms with van der Waals surface area (Å²) in [5.74, 6) is 0.117. The fourth-order valence-electron chi connectivity index (χ4n) is 5.00. The van der Waals surface area contributed by atoms with Gasteiger partial charge in [-0.25, -0.2) is 4.79 Å². The zero-order chi connectivity index (χ0) is 19.5. The van der Waals surface area contributed by atoms with Crippen molar-refractivity contribution in [2.24, 2.45) is 5.41 Å². The van der Waals surface area contributed by atoms with Gasteiger partial charge in [0.25, 0.3) is 0 Å². The van der Waals surface area contributed by atoms with Crippen LogP contribution in [0.2, 0.25) is 0 Å². The molecule has 0 amide bonds. The first-order valence-electron chi connectivity index (χ1n) is 9.49. The molecule has 27 heavy (non-hydrogen) atoms. The fraction of sp³-hybridized carbons (Fsp3) is 0.375. The largest absolute Gasteiger partial charge is 0.465 e. The highest BCUT2D eigenvalue weighted by molar-refractivity contribution is 9.10. The van der Waals surface area contributed by atoms with E-state index in [1.54, 1.807) is 0 Å². The predicted octanol–water partition coefficient (Wildman–Crippen LogP) is 6.93. The van der Waals surface area contributed by atoms with Crippen LogP contribution >= 0.6 is 15.9 Å². The average molecular weight is 425 g/mol. The molecule has 1 atom stereocenters. The maximum atomic E-state index is 12.8. The number of benzene rings is 3. The summed E-state index contributed by atoms with van der Waals surface area (Å²) in [6.45, 7) is 9.02. The van der Waals surface area contributed by atoms with E-state index in [0.717, 1.165) is 33.5 Å². The fourth-order valence-corrected chi connectivity index (χ4v) is 5.69. The molecule has 0 spiro atoms. The van der Waals surface area contributed by atoms with Crippen LogP contribution in [-0.2, 0) is 11.2 Å². The lowest BCUT2D eigenvalue weighted by Crippen LogP contribution is -2.25. The monoisotopic (exact) mass is 424 g/mol. The van der Waals surface area contributed by atoms with E-state index in [2.05, 4.69) is 74.0 Å². The topological polar surface area (TPSA) is 26.3 Å². The number of carbonyl (C=O) groups excluding carboxylic acids is 1. The molecule has 0 aliphatic heterocycles. The van der Waals surface area contributed by atoms with E-state index < -0.39 is 0 Å². The maximum Gasteiger partial charge on any atom is 0.339 e. The van der Waals surface area contributed by atoms with Gasteiger partial charge >= 0.3 is 5.97 Å². The molecule has 3 aromatic carbocycles. The molecular weight excluding hydrogens is 400 g/mol. The Morgan fingerprint density at radius 3 is 2.56 bits per heavy atom. The third kappa shape index (κ3) is 2.87. The van der Waals surface area contributed by atoms with E-state index in [-0.39, 0.29) is 11.4 Å². The van der Waals surface area contributed by atoms with Crippen molar-refractivity contribution in [1.29, 1.82) is 0 Å². The van der Waals surface area contributed by atoms with Gasteiger partial charge in [0.2, 0.25) is 0 Å². The molecule has 1 unspecified atom stereocenters. The second-order valence-electron chi connectivity index (χ2n) is 8.74. The van der Waals surface area contributed by atoms with Crippen molar-refractivity contribution >= 4 is 43.4 Å². The molecule has 3 heteroatoms. The predicted molar refractivity (Wildman–Crippen MR) is 116 cm³/mol. The number of hydrogen-bond donors (Lipinski definition) is 0. The Balaban J connectivity index is 2.22. The summed E-state index contributed by atoms with van der Waals surface area (Å²) in [5, 5.41) is 4.44. The van der Waals surface area contributed by atoms with Gasteiger partial charge in [0.1, 0.15) is 0 Å². The zero-order valence-electron chi connectivity index (χ0n) is 16.6. The average Bonchev–Trinajstić information content (AvgIpc) is 2.60. The first-order valence-corrected chi connectivity index (χ1v) is 10.3. The number of hydrogen-bond acceptors (Lipinski definition) is 2. The van der Waals surface area contributed by atoms with Gasteiger partial charge in [-0.05, 0) is 74.3 Å². The second kappa shape index (κ2) is 6.34. The van der Waals surface area contributed by atoms with Gasteiger partial charge in [0.15, 0.2) is 0 Å². The third-order valence-corrected chi connectivity index (χ3v) is 6.74. The SMILES string of the molecule is COC(=O)c1c(Br)c2cc(C)ccc2c2ccc3c(c12)C(C)CC(C)(C)C3. The molecule has 1 aliphatic carbocycles. The molecule has 0 aromatic heterocycles. The molecule has 140 valence electrons. The van der Waals surface area contributed by atoms with Crippen LogP contribution in [-0.4, -0.2) is 13.1 Å². The van der Waals surface area contributed by atoms with Crippen LogP contribution in [0.1, 0.15) is 60.2 Å². The highest BCUT2D eigenvalue weighted by Crippen LogP contribution is 2.48. The highest BCUT2D eigenvalue weighted by atomic mass is 79.9. The summed E-state index contributed by atoms with van der Waals surface area (Å²) in [7, 11) is 1.46. The smallest absolute Gasteiger partial charge is 0.339 e. The van der Waals surface area contributed by atoms with Gasteiger partial charge < -0.3 is 4.74 Å². The van der Waals surface area contributed by atoms with Gasteiger partial charge in [0.05, 0.1) is 12.7 Å². The van der Waals surface area contributed by atoms with Crippen molar-refractivity contribution < 1.29 is 9.53 Å².